The number of rotatable bonds is 5. The highest BCUT2D eigenvalue weighted by atomic mass is 19.4. The number of alkyl halides is 3. The van der Waals surface area contributed by atoms with Crippen molar-refractivity contribution in [3.05, 3.63) is 70.8 Å². The molecule has 2 aromatic rings. The zero-order chi connectivity index (χ0) is 19.6. The van der Waals surface area contributed by atoms with Crippen molar-refractivity contribution in [2.24, 2.45) is 5.92 Å². The van der Waals surface area contributed by atoms with Gasteiger partial charge in [-0.2, -0.15) is 13.2 Å². The minimum Gasteiger partial charge on any atom is -0.355 e. The first kappa shape index (κ1) is 18.9. The van der Waals surface area contributed by atoms with Gasteiger partial charge in [0.25, 0.3) is 5.91 Å². The van der Waals surface area contributed by atoms with Gasteiger partial charge in [-0.1, -0.05) is 24.3 Å². The highest BCUT2D eigenvalue weighted by Crippen LogP contribution is 2.48. The van der Waals surface area contributed by atoms with Crippen LogP contribution in [0, 0.1) is 5.92 Å². The van der Waals surface area contributed by atoms with Crippen LogP contribution in [-0.4, -0.2) is 18.9 Å². The van der Waals surface area contributed by atoms with Crippen LogP contribution in [0.3, 0.4) is 0 Å². The van der Waals surface area contributed by atoms with Gasteiger partial charge < -0.3 is 10.6 Å². The van der Waals surface area contributed by atoms with Crippen LogP contribution in [0.4, 0.5) is 13.2 Å². The van der Waals surface area contributed by atoms with E-state index in [9.17, 15) is 22.8 Å². The van der Waals surface area contributed by atoms with Gasteiger partial charge in [0.2, 0.25) is 5.91 Å². The van der Waals surface area contributed by atoms with E-state index in [2.05, 4.69) is 10.6 Å². The molecule has 4 nitrogen and oxygen atoms in total. The summed E-state index contributed by atoms with van der Waals surface area (Å²) < 4.78 is 37.8. The Bertz CT molecular complexity index is 830. The zero-order valence-corrected chi connectivity index (χ0v) is 14.6. The van der Waals surface area contributed by atoms with Crippen LogP contribution in [0.25, 0.3) is 0 Å². The third-order valence-electron chi connectivity index (χ3n) is 4.70. The normalized spacial score (nSPS) is 18.7. The molecule has 0 aliphatic heterocycles. The van der Waals surface area contributed by atoms with Crippen molar-refractivity contribution in [3.8, 4) is 0 Å². The number of amides is 2. The standard InChI is InChI=1S/C20H19F3N2O2/c1-24-18(26)14-4-2-12(3-5-14)11-25-19(27)17-10-16(17)13-6-8-15(9-7-13)20(21,22)23/h2-9,16-17H,10-11H2,1H3,(H,24,26)(H,25,27). The minimum atomic E-state index is -4.35. The summed E-state index contributed by atoms with van der Waals surface area (Å²) in [5.74, 6) is -0.548. The van der Waals surface area contributed by atoms with Crippen molar-refractivity contribution in [1.82, 2.24) is 10.6 Å². The van der Waals surface area contributed by atoms with Gasteiger partial charge in [-0.05, 0) is 47.7 Å². The third-order valence-corrected chi connectivity index (χ3v) is 4.70. The van der Waals surface area contributed by atoms with Gasteiger partial charge in [0.05, 0.1) is 5.56 Å². The highest BCUT2D eigenvalue weighted by molar-refractivity contribution is 5.93. The van der Waals surface area contributed by atoms with Crippen LogP contribution in [0.2, 0.25) is 0 Å². The summed E-state index contributed by atoms with van der Waals surface area (Å²) >= 11 is 0. The fourth-order valence-electron chi connectivity index (χ4n) is 3.01. The van der Waals surface area contributed by atoms with Crippen molar-refractivity contribution in [2.45, 2.75) is 25.1 Å². The third kappa shape index (κ3) is 4.48. The van der Waals surface area contributed by atoms with Gasteiger partial charge in [0, 0.05) is 25.1 Å². The maximum Gasteiger partial charge on any atom is 0.416 e. The molecule has 0 spiro atoms. The molecule has 0 heterocycles. The Kier molecular flexibility index (Phi) is 5.21. The van der Waals surface area contributed by atoms with E-state index in [1.165, 1.54) is 12.1 Å². The molecule has 1 aliphatic carbocycles. The second-order valence-electron chi connectivity index (χ2n) is 6.56. The fraction of sp³-hybridized carbons (Fsp3) is 0.300. The SMILES string of the molecule is CNC(=O)c1ccc(CNC(=O)C2CC2c2ccc(C(F)(F)F)cc2)cc1. The van der Waals surface area contributed by atoms with Crippen molar-refractivity contribution in [3.63, 3.8) is 0 Å². The smallest absolute Gasteiger partial charge is 0.355 e. The lowest BCUT2D eigenvalue weighted by Crippen LogP contribution is -2.25. The first-order valence-electron chi connectivity index (χ1n) is 8.55. The summed E-state index contributed by atoms with van der Waals surface area (Å²) in [6, 6.07) is 11.9. The second-order valence-corrected chi connectivity index (χ2v) is 6.56. The first-order valence-corrected chi connectivity index (χ1v) is 8.55. The average molecular weight is 376 g/mol. The molecule has 1 aliphatic rings. The molecule has 0 bridgehead atoms. The Morgan fingerprint density at radius 1 is 1.04 bits per heavy atom. The Balaban J connectivity index is 1.52. The second kappa shape index (κ2) is 7.42. The van der Waals surface area contributed by atoms with Crippen LogP contribution in [0.15, 0.2) is 48.5 Å². The van der Waals surface area contributed by atoms with Gasteiger partial charge in [-0.25, -0.2) is 0 Å². The molecule has 3 rings (SSSR count). The van der Waals surface area contributed by atoms with Gasteiger partial charge in [0.15, 0.2) is 0 Å². The van der Waals surface area contributed by atoms with E-state index in [1.807, 2.05) is 0 Å². The van der Waals surface area contributed by atoms with E-state index >= 15 is 0 Å². The Labute approximate surface area is 154 Å². The summed E-state index contributed by atoms with van der Waals surface area (Å²) in [4.78, 5) is 23.7. The summed E-state index contributed by atoms with van der Waals surface area (Å²) in [6.07, 6.45) is -3.72. The largest absolute Gasteiger partial charge is 0.416 e. The van der Waals surface area contributed by atoms with Crippen LogP contribution in [-0.2, 0) is 17.5 Å². The number of hydrogen-bond acceptors (Lipinski definition) is 2. The molecule has 2 unspecified atom stereocenters. The minimum absolute atomic E-state index is 0.0390. The number of carbonyl (C=O) groups excluding carboxylic acids is 2. The predicted octanol–water partition coefficient (Wildman–Crippen LogP) is 3.48. The number of benzene rings is 2. The van der Waals surface area contributed by atoms with E-state index < -0.39 is 11.7 Å². The first-order chi connectivity index (χ1) is 12.8. The fourth-order valence-corrected chi connectivity index (χ4v) is 3.01. The van der Waals surface area contributed by atoms with Gasteiger partial charge in [0.1, 0.15) is 0 Å². The van der Waals surface area contributed by atoms with E-state index in [0.29, 0.717) is 18.5 Å². The van der Waals surface area contributed by atoms with Gasteiger partial charge in [-0.3, -0.25) is 9.59 Å². The molecule has 7 heteroatoms. The van der Waals surface area contributed by atoms with E-state index in [-0.39, 0.29) is 23.7 Å². The van der Waals surface area contributed by atoms with Crippen molar-refractivity contribution in [1.29, 1.82) is 0 Å². The summed E-state index contributed by atoms with van der Waals surface area (Å²) in [6.45, 7) is 0.336. The van der Waals surface area contributed by atoms with Crippen molar-refractivity contribution >= 4 is 11.8 Å². The number of carbonyl (C=O) groups is 2. The molecular formula is C20H19F3N2O2. The maximum absolute atomic E-state index is 12.6. The lowest BCUT2D eigenvalue weighted by atomic mass is 10.1. The molecule has 2 atom stereocenters. The topological polar surface area (TPSA) is 58.2 Å². The van der Waals surface area contributed by atoms with Gasteiger partial charge in [-0.15, -0.1) is 0 Å². The molecule has 0 aromatic heterocycles. The molecule has 0 saturated heterocycles. The summed E-state index contributed by atoms with van der Waals surface area (Å²) in [7, 11) is 1.55. The molecule has 2 amide bonds. The molecule has 1 fully saturated rings. The molecule has 27 heavy (non-hydrogen) atoms. The van der Waals surface area contributed by atoms with Crippen molar-refractivity contribution < 1.29 is 22.8 Å². The van der Waals surface area contributed by atoms with Crippen LogP contribution < -0.4 is 10.6 Å². The van der Waals surface area contributed by atoms with Crippen LogP contribution >= 0.6 is 0 Å². The maximum atomic E-state index is 12.6. The number of nitrogens with one attached hydrogen (secondary N) is 2. The Morgan fingerprint density at radius 2 is 1.67 bits per heavy atom. The molecule has 2 aromatic carbocycles. The quantitative estimate of drug-likeness (QED) is 0.839. The van der Waals surface area contributed by atoms with E-state index in [0.717, 1.165) is 23.3 Å². The lowest BCUT2D eigenvalue weighted by Gasteiger charge is -2.08. The average Bonchev–Trinajstić information content (AvgIpc) is 3.46. The van der Waals surface area contributed by atoms with Crippen molar-refractivity contribution in [2.75, 3.05) is 7.05 Å². The molecule has 2 N–H and O–H groups in total. The summed E-state index contributed by atoms with van der Waals surface area (Å²) in [5.41, 5.74) is 1.46. The molecular weight excluding hydrogens is 357 g/mol. The van der Waals surface area contributed by atoms with E-state index in [4.69, 9.17) is 0 Å². The molecule has 1 saturated carbocycles. The number of halogens is 3. The summed E-state index contributed by atoms with van der Waals surface area (Å²) in [5, 5.41) is 5.37. The van der Waals surface area contributed by atoms with Crippen LogP contribution in [0.5, 0.6) is 0 Å². The lowest BCUT2D eigenvalue weighted by molar-refractivity contribution is -0.137. The van der Waals surface area contributed by atoms with Gasteiger partial charge >= 0.3 is 6.18 Å². The number of hydrogen-bond donors (Lipinski definition) is 2. The monoisotopic (exact) mass is 376 g/mol. The molecule has 142 valence electrons. The van der Waals surface area contributed by atoms with Crippen LogP contribution in [0.1, 0.15) is 39.4 Å². The predicted molar refractivity (Wildman–Crippen MR) is 94.0 cm³/mol. The Morgan fingerprint density at radius 3 is 2.22 bits per heavy atom. The zero-order valence-electron chi connectivity index (χ0n) is 14.6. The van der Waals surface area contributed by atoms with E-state index in [1.54, 1.807) is 31.3 Å². The highest BCUT2D eigenvalue weighted by Gasteiger charge is 2.44. The Hall–Kier alpha value is -2.83. The molecule has 0 radical (unpaired) electrons.